The van der Waals surface area contributed by atoms with E-state index in [4.69, 9.17) is 9.73 Å². The van der Waals surface area contributed by atoms with Gasteiger partial charge in [0.2, 0.25) is 4.80 Å². The Bertz CT molecular complexity index is 1180. The van der Waals surface area contributed by atoms with E-state index in [1.54, 1.807) is 36.3 Å². The third-order valence-electron chi connectivity index (χ3n) is 4.12. The Hall–Kier alpha value is -3.58. The molecule has 0 aliphatic carbocycles. The van der Waals surface area contributed by atoms with Crippen LogP contribution in [0.1, 0.15) is 5.69 Å². The summed E-state index contributed by atoms with van der Waals surface area (Å²) in [5.74, 6) is 0.485. The van der Waals surface area contributed by atoms with Crippen LogP contribution in [0.4, 0.5) is 10.1 Å². The van der Waals surface area contributed by atoms with Crippen LogP contribution in [0.5, 0.6) is 5.75 Å². The lowest BCUT2D eigenvalue weighted by Gasteiger charge is -2.04. The standard InChI is InChI=1S/C22H17FN4OS/c1-28-20-11-9-18(10-12-20)26-22-27(25-14-19-4-2-3-13-24-19)21(15-29-22)16-5-7-17(23)8-6-16/h2-15H,1H3/b25-14-,26-22?. The highest BCUT2D eigenvalue weighted by Gasteiger charge is 2.08. The van der Waals surface area contributed by atoms with Crippen LogP contribution in [-0.4, -0.2) is 23.0 Å². The summed E-state index contributed by atoms with van der Waals surface area (Å²) in [6.45, 7) is 0. The molecule has 144 valence electrons. The van der Waals surface area contributed by atoms with Gasteiger partial charge >= 0.3 is 0 Å². The van der Waals surface area contributed by atoms with Crippen molar-refractivity contribution in [1.82, 2.24) is 9.66 Å². The molecule has 4 aromatic rings. The van der Waals surface area contributed by atoms with Gasteiger partial charge in [0.05, 0.1) is 30.4 Å². The molecule has 0 N–H and O–H groups in total. The van der Waals surface area contributed by atoms with Gasteiger partial charge in [-0.25, -0.2) is 14.1 Å². The van der Waals surface area contributed by atoms with Gasteiger partial charge in [0.25, 0.3) is 0 Å². The third kappa shape index (κ3) is 4.47. The molecule has 2 aromatic carbocycles. The highest BCUT2D eigenvalue weighted by atomic mass is 32.1. The zero-order valence-corrected chi connectivity index (χ0v) is 16.4. The summed E-state index contributed by atoms with van der Waals surface area (Å²) in [5, 5.41) is 6.54. The van der Waals surface area contributed by atoms with Gasteiger partial charge < -0.3 is 4.74 Å². The van der Waals surface area contributed by atoms with Crippen molar-refractivity contribution < 1.29 is 9.13 Å². The van der Waals surface area contributed by atoms with Crippen LogP contribution >= 0.6 is 11.3 Å². The number of thiazole rings is 1. The van der Waals surface area contributed by atoms with Crippen LogP contribution < -0.4 is 9.54 Å². The molecule has 0 bridgehead atoms. The van der Waals surface area contributed by atoms with Crippen molar-refractivity contribution in [3.8, 4) is 17.0 Å². The zero-order valence-electron chi connectivity index (χ0n) is 15.6. The number of halogens is 1. The molecule has 0 amide bonds. The van der Waals surface area contributed by atoms with Crippen molar-refractivity contribution in [2.75, 3.05) is 7.11 Å². The Morgan fingerprint density at radius 3 is 2.52 bits per heavy atom. The predicted molar refractivity (Wildman–Crippen MR) is 113 cm³/mol. The molecule has 7 heteroatoms. The normalized spacial score (nSPS) is 11.9. The number of nitrogens with zero attached hydrogens (tertiary/aromatic N) is 4. The van der Waals surface area contributed by atoms with Gasteiger partial charge in [0.1, 0.15) is 11.6 Å². The summed E-state index contributed by atoms with van der Waals surface area (Å²) >= 11 is 1.45. The van der Waals surface area contributed by atoms with E-state index in [9.17, 15) is 4.39 Å². The van der Waals surface area contributed by atoms with Gasteiger partial charge in [-0.05, 0) is 60.7 Å². The SMILES string of the molecule is COc1ccc(N=c2scc(-c3ccc(F)cc3)n2/N=C\c2ccccn2)cc1. The predicted octanol–water partition coefficient (Wildman–Crippen LogP) is 4.87. The number of aromatic nitrogens is 2. The van der Waals surface area contributed by atoms with Crippen LogP contribution in [0.15, 0.2) is 88.4 Å². The number of pyridine rings is 1. The van der Waals surface area contributed by atoms with E-state index in [1.165, 1.54) is 23.5 Å². The number of hydrogen-bond acceptors (Lipinski definition) is 5. The zero-order chi connectivity index (χ0) is 20.1. The second kappa shape index (κ2) is 8.62. The number of hydrogen-bond donors (Lipinski definition) is 0. The molecule has 5 nitrogen and oxygen atoms in total. The van der Waals surface area contributed by atoms with E-state index in [0.29, 0.717) is 4.80 Å². The molecule has 4 rings (SSSR count). The van der Waals surface area contributed by atoms with Crippen molar-refractivity contribution in [2.24, 2.45) is 10.1 Å². The van der Waals surface area contributed by atoms with Gasteiger partial charge in [0, 0.05) is 17.1 Å². The van der Waals surface area contributed by atoms with E-state index >= 15 is 0 Å². The van der Waals surface area contributed by atoms with Gasteiger partial charge in [-0.2, -0.15) is 5.10 Å². The minimum atomic E-state index is -0.282. The lowest BCUT2D eigenvalue weighted by molar-refractivity contribution is 0.415. The topological polar surface area (TPSA) is 51.8 Å². The monoisotopic (exact) mass is 404 g/mol. The molecule has 2 aromatic heterocycles. The number of benzene rings is 2. The molecular weight excluding hydrogens is 387 g/mol. The first-order valence-corrected chi connectivity index (χ1v) is 9.71. The molecular formula is C22H17FN4OS. The van der Waals surface area contributed by atoms with E-state index < -0.39 is 0 Å². The van der Waals surface area contributed by atoms with Crippen molar-refractivity contribution in [2.45, 2.75) is 0 Å². The smallest absolute Gasteiger partial charge is 0.211 e. The summed E-state index contributed by atoms with van der Waals surface area (Å²) in [6, 6.07) is 19.4. The highest BCUT2D eigenvalue weighted by molar-refractivity contribution is 7.07. The summed E-state index contributed by atoms with van der Waals surface area (Å²) in [6.07, 6.45) is 3.38. The average Bonchev–Trinajstić information content (AvgIpc) is 3.16. The van der Waals surface area contributed by atoms with Crippen molar-refractivity contribution in [3.05, 3.63) is 94.6 Å². The van der Waals surface area contributed by atoms with E-state index in [-0.39, 0.29) is 5.82 Å². The van der Waals surface area contributed by atoms with E-state index in [1.807, 2.05) is 47.8 Å². The highest BCUT2D eigenvalue weighted by Crippen LogP contribution is 2.22. The van der Waals surface area contributed by atoms with Crippen LogP contribution in [0.2, 0.25) is 0 Å². The minimum absolute atomic E-state index is 0.282. The molecule has 0 aliphatic heterocycles. The molecule has 0 radical (unpaired) electrons. The van der Waals surface area contributed by atoms with Crippen molar-refractivity contribution in [3.63, 3.8) is 0 Å². The molecule has 0 saturated carbocycles. The number of ether oxygens (including phenoxy) is 1. The average molecular weight is 404 g/mol. The molecule has 0 fully saturated rings. The fourth-order valence-corrected chi connectivity index (χ4v) is 3.50. The van der Waals surface area contributed by atoms with Gasteiger partial charge in [-0.1, -0.05) is 6.07 Å². The van der Waals surface area contributed by atoms with Gasteiger partial charge in [-0.15, -0.1) is 11.3 Å². The van der Waals surface area contributed by atoms with E-state index in [2.05, 4.69) is 10.1 Å². The Morgan fingerprint density at radius 2 is 1.83 bits per heavy atom. The fourth-order valence-electron chi connectivity index (χ4n) is 2.64. The molecule has 29 heavy (non-hydrogen) atoms. The first-order valence-electron chi connectivity index (χ1n) is 8.83. The quantitative estimate of drug-likeness (QED) is 0.446. The summed E-state index contributed by atoms with van der Waals surface area (Å²) in [5.41, 5.74) is 3.16. The Labute approximate surface area is 171 Å². The summed E-state index contributed by atoms with van der Waals surface area (Å²) in [4.78, 5) is 9.66. The molecule has 0 unspecified atom stereocenters. The van der Waals surface area contributed by atoms with Gasteiger partial charge in [-0.3, -0.25) is 4.98 Å². The third-order valence-corrected chi connectivity index (χ3v) is 4.93. The molecule has 0 spiro atoms. The van der Waals surface area contributed by atoms with Crippen molar-refractivity contribution >= 4 is 23.2 Å². The lowest BCUT2D eigenvalue weighted by Crippen LogP contribution is -2.11. The fraction of sp³-hybridized carbons (Fsp3) is 0.0455. The first kappa shape index (κ1) is 18.8. The number of rotatable bonds is 5. The van der Waals surface area contributed by atoms with Crippen molar-refractivity contribution in [1.29, 1.82) is 0 Å². The maximum atomic E-state index is 13.4. The molecule has 0 saturated heterocycles. The van der Waals surface area contributed by atoms with Crippen LogP contribution in [0.3, 0.4) is 0 Å². The largest absolute Gasteiger partial charge is 0.497 e. The maximum absolute atomic E-state index is 13.4. The lowest BCUT2D eigenvalue weighted by atomic mass is 10.2. The molecule has 0 atom stereocenters. The van der Waals surface area contributed by atoms with Crippen LogP contribution in [0.25, 0.3) is 11.3 Å². The maximum Gasteiger partial charge on any atom is 0.211 e. The van der Waals surface area contributed by atoms with Crippen LogP contribution in [0, 0.1) is 5.82 Å². The minimum Gasteiger partial charge on any atom is -0.497 e. The van der Waals surface area contributed by atoms with E-state index in [0.717, 1.165) is 28.4 Å². The molecule has 2 heterocycles. The second-order valence-electron chi connectivity index (χ2n) is 6.03. The second-order valence-corrected chi connectivity index (χ2v) is 6.87. The Kier molecular flexibility index (Phi) is 5.58. The summed E-state index contributed by atoms with van der Waals surface area (Å²) < 4.78 is 20.3. The first-order chi connectivity index (χ1) is 14.2. The molecule has 0 aliphatic rings. The van der Waals surface area contributed by atoms with Gasteiger partial charge in [0.15, 0.2) is 0 Å². The van der Waals surface area contributed by atoms with Crippen LogP contribution in [-0.2, 0) is 0 Å². The Morgan fingerprint density at radius 1 is 1.03 bits per heavy atom. The summed E-state index contributed by atoms with van der Waals surface area (Å²) in [7, 11) is 1.63. The number of methoxy groups -OCH3 is 1. The Balaban J connectivity index is 1.81.